The maximum Gasteiger partial charge on any atom is 0.261 e. The van der Waals surface area contributed by atoms with Crippen LogP contribution in [0.3, 0.4) is 0 Å². The highest BCUT2D eigenvalue weighted by atomic mass is 16.5. The summed E-state index contributed by atoms with van der Waals surface area (Å²) in [6.45, 7) is 10.3. The van der Waals surface area contributed by atoms with Gasteiger partial charge in [0.2, 0.25) is 5.91 Å². The number of benzene rings is 2. The average Bonchev–Trinajstić information content (AvgIpc) is 2.69. The molecule has 2 aromatic rings. The normalized spacial score (nSPS) is 12.2. The van der Waals surface area contributed by atoms with Crippen LogP contribution < -0.4 is 10.1 Å². The topological polar surface area (TPSA) is 58.6 Å². The maximum absolute atomic E-state index is 13.1. The zero-order chi connectivity index (χ0) is 21.6. The summed E-state index contributed by atoms with van der Waals surface area (Å²) in [6.07, 6.45) is 0. The summed E-state index contributed by atoms with van der Waals surface area (Å²) in [5, 5.41) is 2.63. The fraction of sp³-hybridized carbons (Fsp3) is 0.417. The second-order valence-corrected chi connectivity index (χ2v) is 8.27. The molecule has 2 aromatic carbocycles. The largest absolute Gasteiger partial charge is 0.483 e. The molecule has 0 saturated heterocycles. The van der Waals surface area contributed by atoms with E-state index < -0.39 is 6.04 Å². The molecular weight excluding hydrogens is 364 g/mol. The molecule has 156 valence electrons. The Kier molecular flexibility index (Phi) is 7.43. The molecule has 2 amide bonds. The van der Waals surface area contributed by atoms with Gasteiger partial charge in [0.1, 0.15) is 11.8 Å². The maximum atomic E-state index is 13.1. The van der Waals surface area contributed by atoms with Gasteiger partial charge in [0.15, 0.2) is 6.61 Å². The van der Waals surface area contributed by atoms with Crippen LogP contribution >= 0.6 is 0 Å². The molecule has 0 saturated carbocycles. The van der Waals surface area contributed by atoms with Crippen molar-refractivity contribution in [2.45, 2.75) is 52.6 Å². The second kappa shape index (κ2) is 9.59. The lowest BCUT2D eigenvalue weighted by Gasteiger charge is -2.29. The molecule has 1 N–H and O–H groups in total. The minimum atomic E-state index is -0.603. The van der Waals surface area contributed by atoms with Gasteiger partial charge in [0.25, 0.3) is 5.91 Å². The van der Waals surface area contributed by atoms with Gasteiger partial charge in [-0.1, -0.05) is 63.2 Å². The Morgan fingerprint density at radius 2 is 1.69 bits per heavy atom. The zero-order valence-electron chi connectivity index (χ0n) is 18.3. The molecule has 5 heteroatoms. The summed E-state index contributed by atoms with van der Waals surface area (Å²) in [4.78, 5) is 26.9. The number of likely N-dealkylation sites (N-methyl/N-ethyl adjacent to an activating group) is 1. The lowest BCUT2D eigenvalue weighted by Crippen LogP contribution is -2.48. The number of hydrogen-bond acceptors (Lipinski definition) is 3. The Morgan fingerprint density at radius 1 is 1.07 bits per heavy atom. The standard InChI is InChI=1S/C24H32N2O3/c1-17-11-7-8-12-19(17)15-26(18(2)23(28)25-6)22(27)16-29-21-14-10-9-13-20(21)24(3,4)5/h7-14,18H,15-16H2,1-6H3,(H,25,28)/t18-/m1/s1. The second-order valence-electron chi connectivity index (χ2n) is 8.27. The molecular formula is C24H32N2O3. The van der Waals surface area contributed by atoms with Crippen LogP contribution in [-0.2, 0) is 21.5 Å². The summed E-state index contributed by atoms with van der Waals surface area (Å²) >= 11 is 0. The van der Waals surface area contributed by atoms with Crippen LogP contribution in [-0.4, -0.2) is 36.4 Å². The van der Waals surface area contributed by atoms with E-state index >= 15 is 0 Å². The Labute approximate surface area is 174 Å². The van der Waals surface area contributed by atoms with Crippen molar-refractivity contribution in [1.82, 2.24) is 10.2 Å². The molecule has 29 heavy (non-hydrogen) atoms. The zero-order valence-corrected chi connectivity index (χ0v) is 18.3. The van der Waals surface area contributed by atoms with E-state index in [0.717, 1.165) is 16.7 Å². The molecule has 0 spiro atoms. The monoisotopic (exact) mass is 396 g/mol. The van der Waals surface area contributed by atoms with Crippen LogP contribution in [0.2, 0.25) is 0 Å². The number of para-hydroxylation sites is 1. The van der Waals surface area contributed by atoms with Crippen molar-refractivity contribution in [3.05, 3.63) is 65.2 Å². The number of carbonyl (C=O) groups is 2. The van der Waals surface area contributed by atoms with Crippen molar-refractivity contribution in [3.8, 4) is 5.75 Å². The Bertz CT molecular complexity index is 855. The molecule has 0 aliphatic carbocycles. The van der Waals surface area contributed by atoms with Gasteiger partial charge in [-0.2, -0.15) is 0 Å². The summed E-state index contributed by atoms with van der Waals surface area (Å²) in [5.41, 5.74) is 3.02. The van der Waals surface area contributed by atoms with Crippen molar-refractivity contribution in [2.75, 3.05) is 13.7 Å². The minimum absolute atomic E-state index is 0.101. The van der Waals surface area contributed by atoms with Gasteiger partial charge in [0.05, 0.1) is 0 Å². The van der Waals surface area contributed by atoms with Crippen LogP contribution in [0.15, 0.2) is 48.5 Å². The number of carbonyl (C=O) groups excluding carboxylic acids is 2. The number of amides is 2. The van der Waals surface area contributed by atoms with Crippen LogP contribution in [0.5, 0.6) is 5.75 Å². The molecule has 0 fully saturated rings. The molecule has 2 rings (SSSR count). The lowest BCUT2D eigenvalue weighted by atomic mass is 9.86. The fourth-order valence-electron chi connectivity index (χ4n) is 3.20. The van der Waals surface area contributed by atoms with E-state index in [0.29, 0.717) is 12.3 Å². The Hall–Kier alpha value is -2.82. The SMILES string of the molecule is CNC(=O)[C@@H](C)N(Cc1ccccc1C)C(=O)COc1ccccc1C(C)(C)C. The van der Waals surface area contributed by atoms with E-state index in [2.05, 4.69) is 26.1 Å². The summed E-state index contributed by atoms with van der Waals surface area (Å²) in [6, 6.07) is 15.0. The molecule has 1 atom stereocenters. The van der Waals surface area contributed by atoms with E-state index in [1.807, 2.05) is 55.5 Å². The van der Waals surface area contributed by atoms with Crippen molar-refractivity contribution in [2.24, 2.45) is 0 Å². The predicted molar refractivity (Wildman–Crippen MR) is 116 cm³/mol. The van der Waals surface area contributed by atoms with Gasteiger partial charge >= 0.3 is 0 Å². The highest BCUT2D eigenvalue weighted by Crippen LogP contribution is 2.31. The van der Waals surface area contributed by atoms with Crippen LogP contribution in [0, 0.1) is 6.92 Å². The first-order chi connectivity index (χ1) is 13.6. The van der Waals surface area contributed by atoms with Crippen LogP contribution in [0.4, 0.5) is 0 Å². The molecule has 0 aromatic heterocycles. The highest BCUT2D eigenvalue weighted by molar-refractivity contribution is 5.87. The van der Waals surface area contributed by atoms with Crippen molar-refractivity contribution < 1.29 is 14.3 Å². The fourth-order valence-corrected chi connectivity index (χ4v) is 3.20. The van der Waals surface area contributed by atoms with Crippen molar-refractivity contribution in [3.63, 3.8) is 0 Å². The Morgan fingerprint density at radius 3 is 2.31 bits per heavy atom. The molecule has 0 radical (unpaired) electrons. The van der Waals surface area contributed by atoms with E-state index in [1.165, 1.54) is 0 Å². The first-order valence-corrected chi connectivity index (χ1v) is 9.93. The quantitative estimate of drug-likeness (QED) is 0.774. The number of nitrogens with one attached hydrogen (secondary N) is 1. The summed E-state index contributed by atoms with van der Waals surface area (Å²) in [7, 11) is 1.57. The first-order valence-electron chi connectivity index (χ1n) is 9.93. The number of aryl methyl sites for hydroxylation is 1. The van der Waals surface area contributed by atoms with E-state index in [1.54, 1.807) is 18.9 Å². The van der Waals surface area contributed by atoms with E-state index in [9.17, 15) is 9.59 Å². The molecule has 5 nitrogen and oxygen atoms in total. The van der Waals surface area contributed by atoms with E-state index in [4.69, 9.17) is 4.74 Å². The third kappa shape index (κ3) is 5.83. The van der Waals surface area contributed by atoms with Crippen molar-refractivity contribution in [1.29, 1.82) is 0 Å². The van der Waals surface area contributed by atoms with Gasteiger partial charge in [0, 0.05) is 13.6 Å². The predicted octanol–water partition coefficient (Wildman–Crippen LogP) is 3.83. The Balaban J connectivity index is 2.22. The smallest absolute Gasteiger partial charge is 0.261 e. The molecule has 0 aliphatic rings. The molecule has 0 aliphatic heterocycles. The summed E-state index contributed by atoms with van der Waals surface area (Å²) in [5.74, 6) is 0.256. The van der Waals surface area contributed by atoms with Gasteiger partial charge in [-0.3, -0.25) is 9.59 Å². The van der Waals surface area contributed by atoms with Gasteiger partial charge in [-0.05, 0) is 42.0 Å². The van der Waals surface area contributed by atoms with Crippen molar-refractivity contribution >= 4 is 11.8 Å². The minimum Gasteiger partial charge on any atom is -0.483 e. The van der Waals surface area contributed by atoms with Gasteiger partial charge < -0.3 is 15.0 Å². The lowest BCUT2D eigenvalue weighted by molar-refractivity contribution is -0.142. The van der Waals surface area contributed by atoms with Crippen LogP contribution in [0.25, 0.3) is 0 Å². The molecule has 0 unspecified atom stereocenters. The molecule has 0 bridgehead atoms. The van der Waals surface area contributed by atoms with Crippen LogP contribution in [0.1, 0.15) is 44.4 Å². The average molecular weight is 397 g/mol. The number of ether oxygens (including phenoxy) is 1. The van der Waals surface area contributed by atoms with Gasteiger partial charge in [-0.25, -0.2) is 0 Å². The van der Waals surface area contributed by atoms with Gasteiger partial charge in [-0.15, -0.1) is 0 Å². The third-order valence-corrected chi connectivity index (χ3v) is 5.06. The first kappa shape index (κ1) is 22.5. The number of rotatable bonds is 7. The molecule has 0 heterocycles. The highest BCUT2D eigenvalue weighted by Gasteiger charge is 2.27. The summed E-state index contributed by atoms with van der Waals surface area (Å²) < 4.78 is 5.91. The number of nitrogens with zero attached hydrogens (tertiary/aromatic N) is 1. The van der Waals surface area contributed by atoms with E-state index in [-0.39, 0.29) is 23.8 Å². The number of hydrogen-bond donors (Lipinski definition) is 1. The third-order valence-electron chi connectivity index (χ3n) is 5.06.